The average Bonchev–Trinajstić information content (AvgIpc) is 3.05. The van der Waals surface area contributed by atoms with Crippen LogP contribution in [0.25, 0.3) is 0 Å². The number of fused-ring (bicyclic) bond motifs is 1. The molecule has 2 fully saturated rings. The van der Waals surface area contributed by atoms with E-state index in [9.17, 15) is 13.2 Å². The van der Waals surface area contributed by atoms with Crippen molar-refractivity contribution in [2.45, 2.75) is 43.8 Å². The Kier molecular flexibility index (Phi) is 7.28. The first-order valence-corrected chi connectivity index (χ1v) is 8.53. The average molecular weight is 396 g/mol. The molecule has 0 saturated carbocycles. The predicted octanol–water partition coefficient (Wildman–Crippen LogP) is 3.35. The van der Waals surface area contributed by atoms with Crippen molar-refractivity contribution in [1.82, 2.24) is 4.90 Å². The number of halogens is 4. The molecule has 0 amide bonds. The number of likely N-dealkylation sites (tertiary alicyclic amines) is 1. The molecule has 2 heterocycles. The minimum atomic E-state index is -5.08. The van der Waals surface area contributed by atoms with Crippen molar-refractivity contribution in [1.29, 1.82) is 0 Å². The molecule has 2 saturated heterocycles. The Labute approximate surface area is 154 Å². The van der Waals surface area contributed by atoms with Crippen LogP contribution in [0.4, 0.5) is 13.2 Å². The van der Waals surface area contributed by atoms with Gasteiger partial charge in [0, 0.05) is 37.9 Å². The van der Waals surface area contributed by atoms with Crippen molar-refractivity contribution < 1.29 is 32.5 Å². The lowest BCUT2D eigenvalue weighted by Crippen LogP contribution is -2.52. The Morgan fingerprint density at radius 1 is 1.42 bits per heavy atom. The van der Waals surface area contributed by atoms with E-state index in [-0.39, 0.29) is 12.2 Å². The van der Waals surface area contributed by atoms with Crippen LogP contribution < -0.4 is 0 Å². The lowest BCUT2D eigenvalue weighted by Gasteiger charge is -2.40. The molecule has 9 heteroatoms. The Hall–Kier alpha value is -1.35. The fraction of sp³-hybridized carbons (Fsp3) is 0.588. The standard InChI is InChI=1S/C15H20ClNO2.C2HF3O2/c1-18-14-5-7-17(13-6-8-19-15(13)14)10-11-3-2-4-12(16)9-11;3-2(4,5)1(6)7/h2-4,9,13-15H,5-8,10H2,1H3;(H,6,7)/t13-,14+,15-;/m0./s1. The number of nitrogens with zero attached hydrogens (tertiary/aromatic N) is 1. The van der Waals surface area contributed by atoms with E-state index in [1.165, 1.54) is 5.56 Å². The number of ether oxygens (including phenoxy) is 2. The maximum atomic E-state index is 10.6. The summed E-state index contributed by atoms with van der Waals surface area (Å²) in [6.07, 6.45) is -2.45. The maximum absolute atomic E-state index is 10.6. The minimum absolute atomic E-state index is 0.234. The molecule has 0 unspecified atom stereocenters. The molecule has 3 rings (SSSR count). The maximum Gasteiger partial charge on any atom is 0.490 e. The van der Waals surface area contributed by atoms with Gasteiger partial charge < -0.3 is 14.6 Å². The van der Waals surface area contributed by atoms with Gasteiger partial charge in [-0.3, -0.25) is 4.90 Å². The SMILES string of the molecule is CO[C@@H]1CCN(Cc2cccc(Cl)c2)[C@H]2CCO[C@H]12.O=C(O)C(F)(F)F. The molecular weight excluding hydrogens is 375 g/mol. The van der Waals surface area contributed by atoms with Gasteiger partial charge in [0.05, 0.1) is 12.2 Å². The van der Waals surface area contributed by atoms with Crippen LogP contribution in [0.3, 0.4) is 0 Å². The second-order valence-corrected chi connectivity index (χ2v) is 6.59. The van der Waals surface area contributed by atoms with Crippen LogP contribution in [0.15, 0.2) is 24.3 Å². The van der Waals surface area contributed by atoms with E-state index in [0.717, 1.165) is 37.6 Å². The highest BCUT2D eigenvalue weighted by Crippen LogP contribution is 2.31. The molecule has 1 aromatic rings. The summed E-state index contributed by atoms with van der Waals surface area (Å²) in [6.45, 7) is 2.86. The summed E-state index contributed by atoms with van der Waals surface area (Å²) >= 11 is 6.06. The summed E-state index contributed by atoms with van der Waals surface area (Å²) in [5.41, 5.74) is 1.27. The summed E-state index contributed by atoms with van der Waals surface area (Å²) in [6, 6.07) is 8.61. The number of carboxylic acids is 1. The summed E-state index contributed by atoms with van der Waals surface area (Å²) < 4.78 is 43.1. The van der Waals surface area contributed by atoms with Gasteiger partial charge in [0.15, 0.2) is 0 Å². The number of rotatable bonds is 3. The van der Waals surface area contributed by atoms with Gasteiger partial charge in [0.1, 0.15) is 0 Å². The first-order chi connectivity index (χ1) is 12.2. The molecule has 0 spiro atoms. The topological polar surface area (TPSA) is 59.0 Å². The van der Waals surface area contributed by atoms with Crippen LogP contribution >= 0.6 is 11.6 Å². The smallest absolute Gasteiger partial charge is 0.475 e. The minimum Gasteiger partial charge on any atom is -0.475 e. The Morgan fingerprint density at radius 2 is 2.12 bits per heavy atom. The third-order valence-electron chi connectivity index (χ3n) is 4.46. The van der Waals surface area contributed by atoms with Crippen LogP contribution in [-0.2, 0) is 20.8 Å². The summed E-state index contributed by atoms with van der Waals surface area (Å²) in [7, 11) is 1.79. The second kappa shape index (κ2) is 9.03. The van der Waals surface area contributed by atoms with Gasteiger partial charge in [-0.05, 0) is 30.5 Å². The van der Waals surface area contributed by atoms with Gasteiger partial charge in [-0.2, -0.15) is 13.2 Å². The molecule has 2 aliphatic heterocycles. The van der Waals surface area contributed by atoms with Crippen LogP contribution in [0.2, 0.25) is 5.02 Å². The molecule has 5 nitrogen and oxygen atoms in total. The van der Waals surface area contributed by atoms with Gasteiger partial charge in [0.25, 0.3) is 0 Å². The van der Waals surface area contributed by atoms with Crippen molar-refractivity contribution in [3.05, 3.63) is 34.9 Å². The molecule has 0 aliphatic carbocycles. The van der Waals surface area contributed by atoms with E-state index < -0.39 is 12.1 Å². The van der Waals surface area contributed by atoms with E-state index in [4.69, 9.17) is 31.0 Å². The number of hydrogen-bond acceptors (Lipinski definition) is 4. The highest BCUT2D eigenvalue weighted by Gasteiger charge is 2.42. The molecule has 1 N–H and O–H groups in total. The third kappa shape index (κ3) is 5.57. The highest BCUT2D eigenvalue weighted by molar-refractivity contribution is 6.30. The molecule has 26 heavy (non-hydrogen) atoms. The quantitative estimate of drug-likeness (QED) is 0.850. The van der Waals surface area contributed by atoms with E-state index in [2.05, 4.69) is 17.0 Å². The largest absolute Gasteiger partial charge is 0.490 e. The van der Waals surface area contributed by atoms with Crippen molar-refractivity contribution in [3.8, 4) is 0 Å². The van der Waals surface area contributed by atoms with Crippen molar-refractivity contribution in [3.63, 3.8) is 0 Å². The van der Waals surface area contributed by atoms with Gasteiger partial charge in [-0.15, -0.1) is 0 Å². The van der Waals surface area contributed by atoms with E-state index in [1.807, 2.05) is 12.1 Å². The lowest BCUT2D eigenvalue weighted by molar-refractivity contribution is -0.192. The molecule has 0 bridgehead atoms. The third-order valence-corrected chi connectivity index (χ3v) is 4.69. The number of carboxylic acid groups (broad SMARTS) is 1. The van der Waals surface area contributed by atoms with Crippen molar-refractivity contribution in [2.75, 3.05) is 20.3 Å². The second-order valence-electron chi connectivity index (χ2n) is 6.16. The van der Waals surface area contributed by atoms with Crippen molar-refractivity contribution in [2.24, 2.45) is 0 Å². The zero-order valence-electron chi connectivity index (χ0n) is 14.2. The Balaban J connectivity index is 0.000000298. The number of carbonyl (C=O) groups is 1. The lowest BCUT2D eigenvalue weighted by atomic mass is 9.95. The molecule has 0 radical (unpaired) electrons. The Morgan fingerprint density at radius 3 is 2.69 bits per heavy atom. The molecular formula is C17H21ClF3NO4. The predicted molar refractivity (Wildman–Crippen MR) is 89.1 cm³/mol. The van der Waals surface area contributed by atoms with Gasteiger partial charge in [-0.25, -0.2) is 4.79 Å². The molecule has 3 atom stereocenters. The van der Waals surface area contributed by atoms with Crippen LogP contribution in [0, 0.1) is 0 Å². The zero-order chi connectivity index (χ0) is 19.3. The van der Waals surface area contributed by atoms with Crippen LogP contribution in [0.5, 0.6) is 0 Å². The highest BCUT2D eigenvalue weighted by atomic mass is 35.5. The number of piperidine rings is 1. The van der Waals surface area contributed by atoms with Gasteiger partial charge >= 0.3 is 12.1 Å². The Bertz CT molecular complexity index is 614. The number of methoxy groups -OCH3 is 1. The number of alkyl halides is 3. The number of hydrogen-bond donors (Lipinski definition) is 1. The van der Waals surface area contributed by atoms with Crippen molar-refractivity contribution >= 4 is 17.6 Å². The summed E-state index contributed by atoms with van der Waals surface area (Å²) in [5.74, 6) is -2.76. The number of aliphatic carboxylic acids is 1. The first kappa shape index (κ1) is 21.0. The van der Waals surface area contributed by atoms with E-state index in [1.54, 1.807) is 7.11 Å². The molecule has 146 valence electrons. The van der Waals surface area contributed by atoms with Gasteiger partial charge in [0.2, 0.25) is 0 Å². The molecule has 2 aliphatic rings. The van der Waals surface area contributed by atoms with E-state index in [0.29, 0.717) is 6.04 Å². The molecule has 0 aromatic heterocycles. The fourth-order valence-electron chi connectivity index (χ4n) is 3.29. The fourth-order valence-corrected chi connectivity index (χ4v) is 3.50. The summed E-state index contributed by atoms with van der Waals surface area (Å²) in [5, 5.41) is 7.93. The summed E-state index contributed by atoms with van der Waals surface area (Å²) in [4.78, 5) is 11.4. The van der Waals surface area contributed by atoms with Gasteiger partial charge in [-0.1, -0.05) is 23.7 Å². The van der Waals surface area contributed by atoms with Crippen LogP contribution in [-0.4, -0.2) is 60.7 Å². The zero-order valence-corrected chi connectivity index (χ0v) is 15.0. The number of benzene rings is 1. The van der Waals surface area contributed by atoms with E-state index >= 15 is 0 Å². The first-order valence-electron chi connectivity index (χ1n) is 8.15. The normalized spacial score (nSPS) is 26.0. The van der Waals surface area contributed by atoms with Crippen LogP contribution in [0.1, 0.15) is 18.4 Å². The molecule has 1 aromatic carbocycles. The monoisotopic (exact) mass is 395 g/mol.